The van der Waals surface area contributed by atoms with E-state index in [1.54, 1.807) is 0 Å². The number of nitrogens with zero attached hydrogens (tertiary/aromatic N) is 1. The van der Waals surface area contributed by atoms with Crippen molar-refractivity contribution in [3.63, 3.8) is 0 Å². The first kappa shape index (κ1) is 28.7. The molecule has 2 aromatic carbocycles. The van der Waals surface area contributed by atoms with Crippen molar-refractivity contribution in [1.29, 1.82) is 5.26 Å². The maximum absolute atomic E-state index is 13.4. The smallest absolute Gasteiger partial charge is 0.320 e. The van der Waals surface area contributed by atoms with E-state index in [0.29, 0.717) is 24.3 Å². The number of hydrogen-bond donors (Lipinski definition) is 2. The number of rotatable bonds is 5. The van der Waals surface area contributed by atoms with Crippen molar-refractivity contribution < 1.29 is 49.5 Å². The SMILES string of the molecule is N#Cc1ccc(/C=C/C(=O)CC(c2cccc(C(F)(F)F)c2)C(F)(F)F)cc1C(F)(F)F.NO. The number of carbonyl (C=O) groups is 1. The molecule has 0 aliphatic heterocycles. The predicted molar refractivity (Wildman–Crippen MR) is 101 cm³/mol. The fourth-order valence-corrected chi connectivity index (χ4v) is 2.81. The summed E-state index contributed by atoms with van der Waals surface area (Å²) >= 11 is 0. The Morgan fingerprint density at radius 1 is 0.971 bits per heavy atom. The first-order chi connectivity index (χ1) is 15.6. The third kappa shape index (κ3) is 7.89. The Morgan fingerprint density at radius 3 is 2.09 bits per heavy atom. The molecule has 0 saturated heterocycles. The van der Waals surface area contributed by atoms with Gasteiger partial charge in [0.2, 0.25) is 0 Å². The zero-order valence-electron chi connectivity index (χ0n) is 16.8. The molecule has 0 fully saturated rings. The van der Waals surface area contributed by atoms with Gasteiger partial charge in [-0.05, 0) is 35.4 Å². The third-order valence-electron chi connectivity index (χ3n) is 4.35. The minimum atomic E-state index is -5.05. The number of halogens is 9. The lowest BCUT2D eigenvalue weighted by molar-refractivity contribution is -0.156. The van der Waals surface area contributed by atoms with Crippen LogP contribution in [0, 0.1) is 11.3 Å². The summed E-state index contributed by atoms with van der Waals surface area (Å²) in [7, 11) is 0. The number of carbonyl (C=O) groups excluding carboxylic acids is 1. The van der Waals surface area contributed by atoms with Crippen LogP contribution in [0.3, 0.4) is 0 Å². The zero-order valence-corrected chi connectivity index (χ0v) is 16.8. The van der Waals surface area contributed by atoms with Gasteiger partial charge in [-0.3, -0.25) is 4.79 Å². The molecule has 2 rings (SSSR count). The lowest BCUT2D eigenvalue weighted by atomic mass is 9.91. The van der Waals surface area contributed by atoms with Gasteiger partial charge in [-0.15, -0.1) is 0 Å². The number of alkyl halides is 9. The van der Waals surface area contributed by atoms with Gasteiger partial charge < -0.3 is 5.21 Å². The molecular weight excluding hydrogens is 483 g/mol. The van der Waals surface area contributed by atoms with E-state index in [2.05, 4.69) is 5.90 Å². The molecule has 34 heavy (non-hydrogen) atoms. The van der Waals surface area contributed by atoms with Crippen LogP contribution in [0.4, 0.5) is 39.5 Å². The van der Waals surface area contributed by atoms with Crippen molar-refractivity contribution in [1.82, 2.24) is 0 Å². The Morgan fingerprint density at radius 2 is 1.59 bits per heavy atom. The number of nitrogens with two attached hydrogens (primary N) is 1. The van der Waals surface area contributed by atoms with E-state index in [-0.39, 0.29) is 5.56 Å². The second-order valence-corrected chi connectivity index (χ2v) is 6.64. The first-order valence-corrected chi connectivity index (χ1v) is 8.95. The summed E-state index contributed by atoms with van der Waals surface area (Å²) in [6, 6.07) is 6.28. The van der Waals surface area contributed by atoms with Crippen LogP contribution in [0.5, 0.6) is 0 Å². The van der Waals surface area contributed by atoms with Crippen molar-refractivity contribution in [2.45, 2.75) is 30.9 Å². The second kappa shape index (κ2) is 11.2. The number of hydrogen-bond acceptors (Lipinski definition) is 4. The minimum absolute atomic E-state index is 0.202. The third-order valence-corrected chi connectivity index (χ3v) is 4.35. The highest BCUT2D eigenvalue weighted by Crippen LogP contribution is 2.40. The number of nitriles is 1. The van der Waals surface area contributed by atoms with Crippen LogP contribution in [0.25, 0.3) is 6.08 Å². The van der Waals surface area contributed by atoms with Gasteiger partial charge in [0, 0.05) is 6.42 Å². The van der Waals surface area contributed by atoms with Gasteiger partial charge in [-0.2, -0.15) is 44.8 Å². The maximum Gasteiger partial charge on any atom is 0.417 e. The molecule has 0 spiro atoms. The number of benzene rings is 2. The maximum atomic E-state index is 13.4. The van der Waals surface area contributed by atoms with Crippen LogP contribution in [-0.2, 0) is 17.1 Å². The number of allylic oxidation sites excluding steroid dienone is 1. The van der Waals surface area contributed by atoms with E-state index < -0.39 is 58.9 Å². The Bertz CT molecular complexity index is 1070. The van der Waals surface area contributed by atoms with E-state index in [1.807, 2.05) is 0 Å². The van der Waals surface area contributed by atoms with Crippen molar-refractivity contribution >= 4 is 11.9 Å². The highest BCUT2D eigenvalue weighted by Gasteiger charge is 2.42. The van der Waals surface area contributed by atoms with Crippen molar-refractivity contribution in [3.8, 4) is 6.07 Å². The van der Waals surface area contributed by atoms with E-state index in [1.165, 1.54) is 6.07 Å². The van der Waals surface area contributed by atoms with Crippen LogP contribution < -0.4 is 5.90 Å². The molecule has 0 heterocycles. The summed E-state index contributed by atoms with van der Waals surface area (Å²) in [5, 5.41) is 15.2. The Hall–Kier alpha value is -3.37. The summed E-state index contributed by atoms with van der Waals surface area (Å²) in [6.07, 6.45) is -14.6. The van der Waals surface area contributed by atoms with Gasteiger partial charge >= 0.3 is 18.5 Å². The molecule has 0 bridgehead atoms. The molecule has 184 valence electrons. The van der Waals surface area contributed by atoms with Crippen LogP contribution >= 0.6 is 0 Å². The Kier molecular flexibility index (Phi) is 9.42. The molecule has 2 aromatic rings. The van der Waals surface area contributed by atoms with Crippen LogP contribution in [0.2, 0.25) is 0 Å². The average Bonchev–Trinajstić information content (AvgIpc) is 2.75. The lowest BCUT2D eigenvalue weighted by Crippen LogP contribution is -2.23. The van der Waals surface area contributed by atoms with E-state index >= 15 is 0 Å². The summed E-state index contributed by atoms with van der Waals surface area (Å²) in [6.45, 7) is 0. The van der Waals surface area contributed by atoms with Gasteiger partial charge in [0.15, 0.2) is 5.78 Å². The summed E-state index contributed by atoms with van der Waals surface area (Å²) < 4.78 is 118. The highest BCUT2D eigenvalue weighted by molar-refractivity contribution is 5.94. The first-order valence-electron chi connectivity index (χ1n) is 8.95. The molecule has 1 atom stereocenters. The molecule has 0 radical (unpaired) electrons. The Balaban J connectivity index is 0.00000281. The summed E-state index contributed by atoms with van der Waals surface area (Å²) in [5.74, 6) is -0.212. The van der Waals surface area contributed by atoms with Gasteiger partial charge in [0.05, 0.1) is 28.7 Å². The van der Waals surface area contributed by atoms with E-state index in [9.17, 15) is 44.3 Å². The Labute approximate surface area is 186 Å². The van der Waals surface area contributed by atoms with Gasteiger partial charge in [-0.1, -0.05) is 30.3 Å². The van der Waals surface area contributed by atoms with Crippen LogP contribution in [-0.4, -0.2) is 17.2 Å². The van der Waals surface area contributed by atoms with Crippen LogP contribution in [0.1, 0.15) is 40.2 Å². The molecule has 0 amide bonds. The molecule has 0 aliphatic rings. The number of ketones is 1. The monoisotopic (exact) mass is 498 g/mol. The van der Waals surface area contributed by atoms with E-state index in [0.717, 1.165) is 30.3 Å². The van der Waals surface area contributed by atoms with E-state index in [4.69, 9.17) is 10.5 Å². The minimum Gasteiger partial charge on any atom is -0.320 e. The molecule has 13 heteroatoms. The molecule has 3 N–H and O–H groups in total. The fraction of sp³-hybridized carbons (Fsp3) is 0.238. The second-order valence-electron chi connectivity index (χ2n) is 6.64. The zero-order chi connectivity index (χ0) is 26.3. The van der Waals surface area contributed by atoms with Gasteiger partial charge in [-0.25, -0.2) is 5.90 Å². The quantitative estimate of drug-likeness (QED) is 0.290. The fourth-order valence-electron chi connectivity index (χ4n) is 2.81. The van der Waals surface area contributed by atoms with Crippen molar-refractivity contribution in [2.75, 3.05) is 0 Å². The standard InChI is InChI=1S/C21H12F9NO.H3NO/c22-19(23,24)15-3-1-2-13(9-15)18(21(28,29)30)10-16(32)7-5-12-4-6-14(11-31)17(8-12)20(25,26)27;1-2/h1-9,18H,10H2;2H,1H2/b7-5+;. The molecule has 0 aliphatic carbocycles. The largest absolute Gasteiger partial charge is 0.417 e. The molecule has 4 nitrogen and oxygen atoms in total. The molecule has 0 aromatic heterocycles. The molecular formula is C21H15F9N2O2. The predicted octanol–water partition coefficient (Wildman–Crippen LogP) is 6.25. The lowest BCUT2D eigenvalue weighted by Gasteiger charge is -2.20. The van der Waals surface area contributed by atoms with Gasteiger partial charge in [0.1, 0.15) is 0 Å². The average molecular weight is 498 g/mol. The van der Waals surface area contributed by atoms with Crippen molar-refractivity contribution in [3.05, 3.63) is 76.4 Å². The van der Waals surface area contributed by atoms with Gasteiger partial charge in [0.25, 0.3) is 0 Å². The molecule has 0 saturated carbocycles. The van der Waals surface area contributed by atoms with Crippen molar-refractivity contribution in [2.24, 2.45) is 5.90 Å². The normalized spacial score (nSPS) is 13.1. The molecule has 1 unspecified atom stereocenters. The summed E-state index contributed by atoms with van der Waals surface area (Å²) in [4.78, 5) is 12.0. The summed E-state index contributed by atoms with van der Waals surface area (Å²) in [5.41, 5.74) is -4.25. The topological polar surface area (TPSA) is 87.1 Å². The highest BCUT2D eigenvalue weighted by atomic mass is 19.4. The van der Waals surface area contributed by atoms with Crippen LogP contribution in [0.15, 0.2) is 48.5 Å².